The molecule has 0 radical (unpaired) electrons. The van der Waals surface area contributed by atoms with Gasteiger partial charge in [0.1, 0.15) is 11.6 Å². The number of halogens is 1. The number of benzene rings is 2. The highest BCUT2D eigenvalue weighted by Gasteiger charge is 2.09. The van der Waals surface area contributed by atoms with Gasteiger partial charge in [-0.2, -0.15) is 5.26 Å². The summed E-state index contributed by atoms with van der Waals surface area (Å²) in [5.74, 6) is 0.714. The lowest BCUT2D eigenvalue weighted by Crippen LogP contribution is -2.08. The fourth-order valence-electron chi connectivity index (χ4n) is 2.18. The van der Waals surface area contributed by atoms with E-state index in [1.54, 1.807) is 55.7 Å². The summed E-state index contributed by atoms with van der Waals surface area (Å²) in [6.07, 6.45) is 1.69. The van der Waals surface area contributed by atoms with Crippen LogP contribution in [0.1, 0.15) is 11.1 Å². The van der Waals surface area contributed by atoms with E-state index in [1.807, 2.05) is 0 Å². The van der Waals surface area contributed by atoms with Gasteiger partial charge in [-0.15, -0.1) is 11.6 Å². The summed E-state index contributed by atoms with van der Waals surface area (Å²) < 4.78 is 15.5. The molecule has 0 aromatic heterocycles. The first-order valence-corrected chi connectivity index (χ1v) is 7.85. The van der Waals surface area contributed by atoms with Crippen molar-refractivity contribution in [3.8, 4) is 23.3 Å². The molecule has 2 rings (SSSR count). The maximum absolute atomic E-state index is 11.3. The number of hydrogen-bond donors (Lipinski definition) is 0. The van der Waals surface area contributed by atoms with Crippen molar-refractivity contribution in [1.29, 1.82) is 5.26 Å². The topological polar surface area (TPSA) is 68.5 Å². The first-order chi connectivity index (χ1) is 12.1. The summed E-state index contributed by atoms with van der Waals surface area (Å²) in [5, 5.41) is 9.49. The number of nitriles is 1. The number of methoxy groups -OCH3 is 2. The molecule has 0 unspecified atom stereocenters. The van der Waals surface area contributed by atoms with Crippen molar-refractivity contribution in [1.82, 2.24) is 0 Å². The third-order valence-electron chi connectivity index (χ3n) is 3.32. The van der Waals surface area contributed by atoms with Crippen LogP contribution in [0.15, 0.2) is 42.5 Å². The molecule has 0 amide bonds. The molecular formula is C19H16ClNO4. The summed E-state index contributed by atoms with van der Waals surface area (Å²) >= 11 is 5.43. The molecular weight excluding hydrogens is 342 g/mol. The largest absolute Gasteiger partial charge is 0.493 e. The van der Waals surface area contributed by atoms with E-state index >= 15 is 0 Å². The van der Waals surface area contributed by atoms with Crippen molar-refractivity contribution in [2.45, 2.75) is 0 Å². The Hall–Kier alpha value is -2.97. The lowest BCUT2D eigenvalue weighted by molar-refractivity contribution is -0.131. The van der Waals surface area contributed by atoms with E-state index in [0.717, 1.165) is 0 Å². The zero-order chi connectivity index (χ0) is 18.2. The molecule has 128 valence electrons. The quantitative estimate of drug-likeness (QED) is 0.258. The molecule has 0 heterocycles. The maximum atomic E-state index is 11.3. The van der Waals surface area contributed by atoms with E-state index in [1.165, 1.54) is 7.11 Å². The van der Waals surface area contributed by atoms with Crippen LogP contribution in [-0.2, 0) is 4.79 Å². The van der Waals surface area contributed by atoms with Gasteiger partial charge in [0.15, 0.2) is 11.5 Å². The molecule has 0 saturated carbocycles. The molecule has 0 bridgehead atoms. The highest BCUT2D eigenvalue weighted by Crippen LogP contribution is 2.31. The third kappa shape index (κ3) is 4.75. The maximum Gasteiger partial charge on any atom is 0.326 e. The SMILES string of the molecule is COc1ccc(/C(C#N)=C\c2cccc(OC(=O)CCl)c2)cc1OC. The Morgan fingerprint density at radius 1 is 1.16 bits per heavy atom. The van der Waals surface area contributed by atoms with Gasteiger partial charge in [0.25, 0.3) is 0 Å². The summed E-state index contributed by atoms with van der Waals surface area (Å²) in [6, 6.07) is 14.2. The van der Waals surface area contributed by atoms with E-state index in [2.05, 4.69) is 6.07 Å². The lowest BCUT2D eigenvalue weighted by atomic mass is 10.0. The van der Waals surface area contributed by atoms with Crippen LogP contribution in [0.4, 0.5) is 0 Å². The molecule has 0 aliphatic rings. The zero-order valence-electron chi connectivity index (χ0n) is 13.8. The number of carbonyl (C=O) groups is 1. The van der Waals surface area contributed by atoms with Gasteiger partial charge in [0, 0.05) is 0 Å². The van der Waals surface area contributed by atoms with Gasteiger partial charge in [-0.05, 0) is 47.5 Å². The Morgan fingerprint density at radius 3 is 2.56 bits per heavy atom. The van der Waals surface area contributed by atoms with Crippen LogP contribution >= 0.6 is 11.6 Å². The lowest BCUT2D eigenvalue weighted by Gasteiger charge is -2.09. The smallest absolute Gasteiger partial charge is 0.326 e. The zero-order valence-corrected chi connectivity index (χ0v) is 14.5. The Kier molecular flexibility index (Phi) is 6.44. The van der Waals surface area contributed by atoms with Crippen molar-refractivity contribution in [3.05, 3.63) is 53.6 Å². The second kappa shape index (κ2) is 8.76. The minimum Gasteiger partial charge on any atom is -0.493 e. The molecule has 0 fully saturated rings. The molecule has 6 heteroatoms. The summed E-state index contributed by atoms with van der Waals surface area (Å²) in [4.78, 5) is 11.3. The van der Waals surface area contributed by atoms with Crippen LogP contribution in [0, 0.1) is 11.3 Å². The normalized spacial score (nSPS) is 10.7. The fraction of sp³-hybridized carbons (Fsp3) is 0.158. The molecule has 2 aromatic rings. The monoisotopic (exact) mass is 357 g/mol. The number of allylic oxidation sites excluding steroid dienone is 1. The minimum absolute atomic E-state index is 0.227. The average molecular weight is 358 g/mol. The molecule has 0 atom stereocenters. The number of carbonyl (C=O) groups excluding carboxylic acids is 1. The average Bonchev–Trinajstić information content (AvgIpc) is 2.65. The Labute approximate surface area is 151 Å². The Balaban J connectivity index is 2.36. The third-order valence-corrected chi connectivity index (χ3v) is 3.54. The van der Waals surface area contributed by atoms with Gasteiger partial charge in [-0.1, -0.05) is 12.1 Å². The van der Waals surface area contributed by atoms with E-state index in [-0.39, 0.29) is 5.88 Å². The standard InChI is InChI=1S/C19H16ClNO4/c1-23-17-7-6-14(10-18(17)24-2)15(12-21)8-13-4-3-5-16(9-13)25-19(22)11-20/h3-10H,11H2,1-2H3/b15-8-. The molecule has 0 N–H and O–H groups in total. The predicted molar refractivity (Wildman–Crippen MR) is 95.8 cm³/mol. The van der Waals surface area contributed by atoms with Crippen LogP contribution in [0.2, 0.25) is 0 Å². The van der Waals surface area contributed by atoms with Gasteiger partial charge in [-0.3, -0.25) is 4.79 Å². The molecule has 0 aliphatic carbocycles. The molecule has 0 aliphatic heterocycles. The summed E-state index contributed by atoms with van der Waals surface area (Å²) in [5.41, 5.74) is 1.83. The van der Waals surface area contributed by atoms with Gasteiger partial charge in [-0.25, -0.2) is 0 Å². The van der Waals surface area contributed by atoms with Crippen LogP contribution in [-0.4, -0.2) is 26.1 Å². The van der Waals surface area contributed by atoms with Crippen LogP contribution in [0.25, 0.3) is 11.6 Å². The van der Waals surface area contributed by atoms with E-state index in [4.69, 9.17) is 25.8 Å². The first kappa shape index (κ1) is 18.4. The van der Waals surface area contributed by atoms with Gasteiger partial charge >= 0.3 is 5.97 Å². The Morgan fingerprint density at radius 2 is 1.92 bits per heavy atom. The van der Waals surface area contributed by atoms with Crippen molar-refractivity contribution >= 4 is 29.2 Å². The highest BCUT2D eigenvalue weighted by atomic mass is 35.5. The number of rotatable bonds is 6. The number of ether oxygens (including phenoxy) is 3. The predicted octanol–water partition coefficient (Wildman–Crippen LogP) is 3.91. The Bertz CT molecular complexity index is 840. The number of alkyl halides is 1. The number of hydrogen-bond acceptors (Lipinski definition) is 5. The summed E-state index contributed by atoms with van der Waals surface area (Å²) in [6.45, 7) is 0. The van der Waals surface area contributed by atoms with Crippen LogP contribution < -0.4 is 14.2 Å². The minimum atomic E-state index is -0.539. The van der Waals surface area contributed by atoms with E-state index in [9.17, 15) is 10.1 Å². The van der Waals surface area contributed by atoms with Crippen molar-refractivity contribution < 1.29 is 19.0 Å². The van der Waals surface area contributed by atoms with Gasteiger partial charge in [0.2, 0.25) is 0 Å². The van der Waals surface area contributed by atoms with E-state index in [0.29, 0.717) is 33.9 Å². The van der Waals surface area contributed by atoms with Gasteiger partial charge in [0.05, 0.1) is 25.9 Å². The molecule has 5 nitrogen and oxygen atoms in total. The van der Waals surface area contributed by atoms with E-state index < -0.39 is 5.97 Å². The van der Waals surface area contributed by atoms with Crippen molar-refractivity contribution in [2.75, 3.05) is 20.1 Å². The second-order valence-electron chi connectivity index (χ2n) is 4.92. The molecule has 0 spiro atoms. The summed E-state index contributed by atoms with van der Waals surface area (Å²) in [7, 11) is 3.08. The van der Waals surface area contributed by atoms with Crippen LogP contribution in [0.5, 0.6) is 17.2 Å². The molecule has 25 heavy (non-hydrogen) atoms. The first-order valence-electron chi connectivity index (χ1n) is 7.32. The number of nitrogens with zero attached hydrogens (tertiary/aromatic N) is 1. The van der Waals surface area contributed by atoms with Crippen molar-refractivity contribution in [2.24, 2.45) is 0 Å². The fourth-order valence-corrected chi connectivity index (χ4v) is 2.23. The van der Waals surface area contributed by atoms with Crippen LogP contribution in [0.3, 0.4) is 0 Å². The second-order valence-corrected chi connectivity index (χ2v) is 5.19. The van der Waals surface area contributed by atoms with Crippen molar-refractivity contribution in [3.63, 3.8) is 0 Å². The number of esters is 1. The molecule has 2 aromatic carbocycles. The van der Waals surface area contributed by atoms with Gasteiger partial charge < -0.3 is 14.2 Å². The molecule has 0 saturated heterocycles. The highest BCUT2D eigenvalue weighted by molar-refractivity contribution is 6.26.